The zero-order valence-electron chi connectivity index (χ0n) is 8.59. The van der Waals surface area contributed by atoms with E-state index < -0.39 is 17.8 Å². The van der Waals surface area contributed by atoms with Crippen LogP contribution in [-0.2, 0) is 6.18 Å². The fourth-order valence-electron chi connectivity index (χ4n) is 1.17. The summed E-state index contributed by atoms with van der Waals surface area (Å²) in [6, 6.07) is 0.759. The molecular weight excluding hydrogens is 253 g/mol. The van der Waals surface area contributed by atoms with Crippen molar-refractivity contribution in [3.63, 3.8) is 0 Å². The molecule has 6 nitrogen and oxygen atoms in total. The van der Waals surface area contributed by atoms with Crippen molar-refractivity contribution in [3.8, 4) is 5.82 Å². The molecule has 0 saturated carbocycles. The summed E-state index contributed by atoms with van der Waals surface area (Å²) in [6.07, 6.45) is -1.44. The number of carboxylic acid groups (broad SMARTS) is 1. The summed E-state index contributed by atoms with van der Waals surface area (Å²) < 4.78 is 37.8. The Hall–Kier alpha value is -2.45. The van der Waals surface area contributed by atoms with E-state index in [4.69, 9.17) is 5.11 Å². The van der Waals surface area contributed by atoms with Crippen LogP contribution in [0.1, 0.15) is 16.2 Å². The lowest BCUT2D eigenvalue weighted by molar-refractivity contribution is -0.141. The molecule has 0 aromatic carbocycles. The highest BCUT2D eigenvalue weighted by atomic mass is 19.4. The van der Waals surface area contributed by atoms with Crippen LogP contribution in [0.2, 0.25) is 0 Å². The summed E-state index contributed by atoms with van der Waals surface area (Å²) in [7, 11) is 0. The summed E-state index contributed by atoms with van der Waals surface area (Å²) >= 11 is 0. The second-order valence-corrected chi connectivity index (χ2v) is 3.21. The standard InChI is InChI=1S/C9H5F3N4O2/c10-9(11,12)6-1-2-16(15-6)7-4-13-3-5(14-7)8(17)18/h1-4H,(H,17,18). The zero-order valence-corrected chi connectivity index (χ0v) is 8.59. The van der Waals surface area contributed by atoms with Gasteiger partial charge in [0.05, 0.1) is 12.4 Å². The van der Waals surface area contributed by atoms with E-state index in [1.54, 1.807) is 0 Å². The maximum atomic E-state index is 12.3. The van der Waals surface area contributed by atoms with Crippen LogP contribution in [-0.4, -0.2) is 30.8 Å². The molecule has 0 amide bonds. The normalized spacial score (nSPS) is 11.5. The lowest BCUT2D eigenvalue weighted by atomic mass is 10.4. The van der Waals surface area contributed by atoms with Crippen LogP contribution in [0.5, 0.6) is 0 Å². The Morgan fingerprint density at radius 1 is 1.33 bits per heavy atom. The van der Waals surface area contributed by atoms with Crippen molar-refractivity contribution in [3.05, 3.63) is 36.0 Å². The summed E-state index contributed by atoms with van der Waals surface area (Å²) in [5.41, 5.74) is -1.47. The minimum atomic E-state index is -4.57. The van der Waals surface area contributed by atoms with Crippen molar-refractivity contribution in [1.82, 2.24) is 19.7 Å². The van der Waals surface area contributed by atoms with Gasteiger partial charge in [0.2, 0.25) is 0 Å². The first kappa shape index (κ1) is 12.0. The third-order valence-electron chi connectivity index (χ3n) is 1.96. The van der Waals surface area contributed by atoms with Gasteiger partial charge in [-0.1, -0.05) is 0 Å². The molecule has 0 radical (unpaired) electrons. The number of halogens is 3. The van der Waals surface area contributed by atoms with E-state index in [0.717, 1.165) is 29.3 Å². The summed E-state index contributed by atoms with van der Waals surface area (Å²) in [4.78, 5) is 17.8. The largest absolute Gasteiger partial charge is 0.476 e. The maximum absolute atomic E-state index is 12.3. The number of hydrogen-bond acceptors (Lipinski definition) is 4. The highest BCUT2D eigenvalue weighted by Gasteiger charge is 2.33. The minimum Gasteiger partial charge on any atom is -0.476 e. The van der Waals surface area contributed by atoms with Crippen LogP contribution in [0, 0.1) is 0 Å². The number of aromatic carboxylic acids is 1. The third-order valence-corrected chi connectivity index (χ3v) is 1.96. The van der Waals surface area contributed by atoms with Gasteiger partial charge in [-0.05, 0) is 6.07 Å². The van der Waals surface area contributed by atoms with Crippen LogP contribution >= 0.6 is 0 Å². The van der Waals surface area contributed by atoms with Gasteiger partial charge >= 0.3 is 12.1 Å². The van der Waals surface area contributed by atoms with Gasteiger partial charge in [-0.15, -0.1) is 0 Å². The Morgan fingerprint density at radius 3 is 2.61 bits per heavy atom. The molecule has 0 aliphatic rings. The van der Waals surface area contributed by atoms with Gasteiger partial charge in [0.25, 0.3) is 0 Å². The molecule has 18 heavy (non-hydrogen) atoms. The molecule has 0 bridgehead atoms. The van der Waals surface area contributed by atoms with Crippen LogP contribution in [0.25, 0.3) is 5.82 Å². The molecule has 0 spiro atoms. The summed E-state index contributed by atoms with van der Waals surface area (Å²) in [5, 5.41) is 11.9. The molecule has 0 aliphatic carbocycles. The van der Waals surface area contributed by atoms with Crippen LogP contribution in [0.4, 0.5) is 13.2 Å². The van der Waals surface area contributed by atoms with Crippen molar-refractivity contribution in [2.75, 3.05) is 0 Å². The summed E-state index contributed by atoms with van der Waals surface area (Å²) in [5.74, 6) is -1.43. The van der Waals surface area contributed by atoms with Gasteiger partial charge in [-0.2, -0.15) is 18.3 Å². The van der Waals surface area contributed by atoms with Gasteiger partial charge < -0.3 is 5.11 Å². The Bertz CT molecular complexity index is 593. The topological polar surface area (TPSA) is 80.9 Å². The quantitative estimate of drug-likeness (QED) is 0.880. The molecule has 0 unspecified atom stereocenters. The maximum Gasteiger partial charge on any atom is 0.435 e. The molecule has 2 rings (SSSR count). The Morgan fingerprint density at radius 2 is 2.06 bits per heavy atom. The monoisotopic (exact) mass is 258 g/mol. The molecule has 1 N–H and O–H groups in total. The molecule has 0 aliphatic heterocycles. The lowest BCUT2D eigenvalue weighted by Crippen LogP contribution is -2.09. The number of rotatable bonds is 2. The first-order valence-electron chi connectivity index (χ1n) is 4.56. The Balaban J connectivity index is 2.40. The van der Waals surface area contributed by atoms with Crippen LogP contribution in [0.3, 0.4) is 0 Å². The molecule has 9 heteroatoms. The van der Waals surface area contributed by atoms with Gasteiger partial charge in [0.1, 0.15) is 0 Å². The van der Waals surface area contributed by atoms with Crippen molar-refractivity contribution in [1.29, 1.82) is 0 Å². The van der Waals surface area contributed by atoms with Gasteiger partial charge in [0, 0.05) is 6.20 Å². The molecule has 2 aromatic heterocycles. The molecule has 0 saturated heterocycles. The van der Waals surface area contributed by atoms with E-state index in [1.165, 1.54) is 0 Å². The van der Waals surface area contributed by atoms with E-state index in [2.05, 4.69) is 15.1 Å². The van der Waals surface area contributed by atoms with E-state index in [9.17, 15) is 18.0 Å². The molecule has 94 valence electrons. The third kappa shape index (κ3) is 2.29. The minimum absolute atomic E-state index is 0.106. The molecule has 0 atom stereocenters. The first-order valence-corrected chi connectivity index (χ1v) is 4.56. The average molecular weight is 258 g/mol. The van der Waals surface area contributed by atoms with E-state index in [-0.39, 0.29) is 11.5 Å². The number of carboxylic acids is 1. The van der Waals surface area contributed by atoms with Crippen molar-refractivity contribution >= 4 is 5.97 Å². The predicted molar refractivity (Wildman–Crippen MR) is 51.1 cm³/mol. The Kier molecular flexibility index (Phi) is 2.73. The number of carbonyl (C=O) groups is 1. The SMILES string of the molecule is O=C(O)c1cncc(-n2ccc(C(F)(F)F)n2)n1. The van der Waals surface area contributed by atoms with Crippen molar-refractivity contribution < 1.29 is 23.1 Å². The number of nitrogens with zero attached hydrogens (tertiary/aromatic N) is 4. The van der Waals surface area contributed by atoms with E-state index in [1.807, 2.05) is 0 Å². The van der Waals surface area contributed by atoms with Crippen molar-refractivity contribution in [2.24, 2.45) is 0 Å². The molecule has 2 aromatic rings. The van der Waals surface area contributed by atoms with E-state index in [0.29, 0.717) is 0 Å². The first-order chi connectivity index (χ1) is 8.38. The second kappa shape index (κ2) is 4.09. The number of aromatic nitrogens is 4. The van der Waals surface area contributed by atoms with E-state index >= 15 is 0 Å². The average Bonchev–Trinajstić information content (AvgIpc) is 2.78. The van der Waals surface area contributed by atoms with Crippen molar-refractivity contribution in [2.45, 2.75) is 6.18 Å². The fourth-order valence-corrected chi connectivity index (χ4v) is 1.17. The zero-order chi connectivity index (χ0) is 13.3. The predicted octanol–water partition coefficient (Wildman–Crippen LogP) is 1.38. The summed E-state index contributed by atoms with van der Waals surface area (Å²) in [6.45, 7) is 0. The smallest absolute Gasteiger partial charge is 0.435 e. The second-order valence-electron chi connectivity index (χ2n) is 3.21. The Labute approximate surface area is 97.7 Å². The van der Waals surface area contributed by atoms with Crippen LogP contribution < -0.4 is 0 Å². The molecule has 0 fully saturated rings. The molecule has 2 heterocycles. The van der Waals surface area contributed by atoms with Gasteiger partial charge in [0.15, 0.2) is 17.2 Å². The highest BCUT2D eigenvalue weighted by Crippen LogP contribution is 2.27. The lowest BCUT2D eigenvalue weighted by Gasteiger charge is -2.02. The number of alkyl halides is 3. The highest BCUT2D eigenvalue weighted by molar-refractivity contribution is 5.85. The number of hydrogen-bond donors (Lipinski definition) is 1. The van der Waals surface area contributed by atoms with Gasteiger partial charge in [-0.25, -0.2) is 14.5 Å². The van der Waals surface area contributed by atoms with Gasteiger partial charge in [-0.3, -0.25) is 4.98 Å². The van der Waals surface area contributed by atoms with Crippen LogP contribution in [0.15, 0.2) is 24.7 Å². The molecular formula is C9H5F3N4O2. The fraction of sp³-hybridized carbons (Fsp3) is 0.111.